The van der Waals surface area contributed by atoms with Crippen molar-refractivity contribution in [1.82, 2.24) is 0 Å². The van der Waals surface area contributed by atoms with Gasteiger partial charge in [-0.05, 0) is 258 Å². The van der Waals surface area contributed by atoms with Crippen molar-refractivity contribution < 1.29 is 27.1 Å². The van der Waals surface area contributed by atoms with Crippen LogP contribution in [0.2, 0.25) is 0 Å². The number of fused-ring (bicyclic) bond motifs is 12. The Kier molecular flexibility index (Phi) is 16.6. The minimum atomic E-state index is -0.878. The quantitative estimate of drug-likeness (QED) is 0.0853. The maximum atomic E-state index is 15.3. The van der Waals surface area contributed by atoms with Crippen LogP contribution in [0, 0.1) is 11.6 Å². The molecule has 17 aromatic carbocycles. The molecule has 2 aromatic heterocycles. The van der Waals surface area contributed by atoms with E-state index in [1.165, 1.54) is 0 Å². The lowest BCUT2D eigenvalue weighted by Crippen LogP contribution is -2.29. The molecule has 0 aliphatic heterocycles. The number of hydrogen-bond donors (Lipinski definition) is 0. The molecule has 0 saturated heterocycles. The van der Waals surface area contributed by atoms with E-state index in [9.17, 15) is 0 Å². The molecule has 6 nitrogen and oxygen atoms in total. The first kappa shape index (κ1) is 68.9. The molecule has 0 fully saturated rings. The van der Waals surface area contributed by atoms with Gasteiger partial charge in [0.25, 0.3) is 0 Å². The third-order valence-corrected chi connectivity index (χ3v) is 23.5. The summed E-state index contributed by atoms with van der Waals surface area (Å²) in [5.41, 5.74) is 25.9. The summed E-state index contributed by atoms with van der Waals surface area (Å²) >= 11 is 0. The molecule has 2 unspecified atom stereocenters. The van der Waals surface area contributed by atoms with E-state index in [4.69, 9.17) is 18.3 Å². The van der Waals surface area contributed by atoms with Gasteiger partial charge in [-0.2, -0.15) is 0 Å². The summed E-state index contributed by atoms with van der Waals surface area (Å²) in [7, 11) is 0. The van der Waals surface area contributed by atoms with Crippen molar-refractivity contribution in [1.29, 1.82) is 0 Å². The predicted molar refractivity (Wildman–Crippen MR) is 469 cm³/mol. The monoisotopic (exact) mass is 1500 g/mol. The van der Waals surface area contributed by atoms with Gasteiger partial charge in [-0.3, -0.25) is 0 Å². The van der Waals surface area contributed by atoms with Gasteiger partial charge in [0, 0.05) is 33.5 Å². The highest BCUT2D eigenvalue weighted by molar-refractivity contribution is 6.15. The van der Waals surface area contributed by atoms with Crippen LogP contribution < -0.4 is 19.3 Å². The first-order chi connectivity index (χ1) is 57.2. The maximum absolute atomic E-state index is 15.3. The van der Waals surface area contributed by atoms with Crippen molar-refractivity contribution in [2.75, 3.05) is 9.80 Å². The molecule has 0 amide bonds. The average Bonchev–Trinajstić information content (AvgIpc) is 1.54. The van der Waals surface area contributed by atoms with Gasteiger partial charge in [0.05, 0.1) is 33.0 Å². The lowest BCUT2D eigenvalue weighted by Gasteiger charge is -2.35. The number of para-hydroxylation sites is 2. The molecule has 116 heavy (non-hydrogen) atoms. The number of hydrogen-bond acceptors (Lipinski definition) is 6. The molecule has 21 rings (SSSR count). The van der Waals surface area contributed by atoms with Crippen LogP contribution >= 0.6 is 0 Å². The Hall–Kier alpha value is -15.1. The van der Waals surface area contributed by atoms with E-state index in [1.54, 1.807) is 24.3 Å². The molecule has 0 saturated carbocycles. The summed E-state index contributed by atoms with van der Waals surface area (Å²) in [6, 6.07) is 133. The van der Waals surface area contributed by atoms with E-state index >= 15 is 8.78 Å². The fraction of sp³-hybridized carbons (Fsp3) is 0.0185. The van der Waals surface area contributed by atoms with E-state index in [-0.39, 0.29) is 11.6 Å². The lowest BCUT2D eigenvalue weighted by atomic mass is 9.67. The van der Waals surface area contributed by atoms with Crippen molar-refractivity contribution in [3.05, 3.63) is 469 Å². The Bertz CT molecular complexity index is 6610. The molecular formula is C108H70F2N2O4. The summed E-state index contributed by atoms with van der Waals surface area (Å²) in [5, 5.41) is 4.00. The smallest absolute Gasteiger partial charge is 0.137 e. The molecule has 0 bridgehead atoms. The molecule has 550 valence electrons. The van der Waals surface area contributed by atoms with Gasteiger partial charge in [-0.1, -0.05) is 256 Å². The first-order valence-electron chi connectivity index (χ1n) is 38.9. The fourth-order valence-corrected chi connectivity index (χ4v) is 18.2. The van der Waals surface area contributed by atoms with Crippen molar-refractivity contribution >= 4 is 90.2 Å². The van der Waals surface area contributed by atoms with Crippen LogP contribution in [0.4, 0.5) is 42.9 Å². The Balaban J connectivity index is 0.645. The average molecular weight is 1500 g/mol. The van der Waals surface area contributed by atoms with Crippen LogP contribution in [-0.2, 0) is 10.8 Å². The predicted octanol–water partition coefficient (Wildman–Crippen LogP) is 29.6. The van der Waals surface area contributed by atoms with Gasteiger partial charge < -0.3 is 28.1 Å². The van der Waals surface area contributed by atoms with E-state index < -0.39 is 10.8 Å². The van der Waals surface area contributed by atoms with Crippen LogP contribution in [0.5, 0.6) is 23.0 Å². The molecule has 2 atom stereocenters. The van der Waals surface area contributed by atoms with Gasteiger partial charge in [-0.15, -0.1) is 0 Å². The van der Waals surface area contributed by atoms with Crippen molar-refractivity contribution in [3.63, 3.8) is 0 Å². The van der Waals surface area contributed by atoms with Gasteiger partial charge in [0.2, 0.25) is 0 Å². The molecular weight excluding hydrogens is 1430 g/mol. The zero-order valence-electron chi connectivity index (χ0n) is 62.8. The third kappa shape index (κ3) is 11.4. The molecule has 8 heteroatoms. The van der Waals surface area contributed by atoms with Crippen LogP contribution in [-0.4, -0.2) is 0 Å². The highest BCUT2D eigenvalue weighted by atomic mass is 19.1. The second kappa shape index (κ2) is 28.0. The molecule has 0 spiro atoms. The van der Waals surface area contributed by atoms with Crippen LogP contribution in [0.1, 0.15) is 55.6 Å². The van der Waals surface area contributed by atoms with Gasteiger partial charge in [0.1, 0.15) is 57.0 Å². The lowest BCUT2D eigenvalue weighted by molar-refractivity contribution is 0.482. The van der Waals surface area contributed by atoms with E-state index in [0.717, 1.165) is 190 Å². The highest BCUT2D eigenvalue weighted by Crippen LogP contribution is 2.61. The number of rotatable bonds is 18. The van der Waals surface area contributed by atoms with Gasteiger partial charge in [-0.25, -0.2) is 8.78 Å². The van der Waals surface area contributed by atoms with Crippen molar-refractivity contribution in [2.45, 2.75) is 10.8 Å². The summed E-state index contributed by atoms with van der Waals surface area (Å²) in [6.07, 6.45) is 3.63. The molecule has 2 aliphatic carbocycles. The largest absolute Gasteiger partial charge is 0.457 e. The normalized spacial score (nSPS) is 14.4. The molecule has 2 aliphatic rings. The number of halogens is 2. The van der Waals surface area contributed by atoms with E-state index in [2.05, 4.69) is 253 Å². The number of anilines is 6. The van der Waals surface area contributed by atoms with E-state index in [0.29, 0.717) is 11.5 Å². The first-order valence-corrected chi connectivity index (χ1v) is 38.9. The fourth-order valence-electron chi connectivity index (χ4n) is 18.2. The Morgan fingerprint density at radius 3 is 0.940 bits per heavy atom. The molecule has 0 radical (unpaired) electrons. The van der Waals surface area contributed by atoms with Crippen molar-refractivity contribution in [3.8, 4) is 67.5 Å². The zero-order valence-corrected chi connectivity index (χ0v) is 62.8. The van der Waals surface area contributed by atoms with E-state index in [1.807, 2.05) is 146 Å². The van der Waals surface area contributed by atoms with Crippen LogP contribution in [0.25, 0.3) is 101 Å². The van der Waals surface area contributed by atoms with Crippen molar-refractivity contribution in [2.24, 2.45) is 0 Å². The summed E-state index contributed by atoms with van der Waals surface area (Å²) < 4.78 is 56.8. The standard InChI is InChI=1S/C108H70F2N2O4/c1-3-69-27-57-85(58-28-69)113-87-61-43-77(44-62-87)107(75-39-47-79(109)48-40-75)95-19-9-5-15-89(95)91-65-55-83(67-97(91)107)111(99-21-13-25-103-105(99)93-17-7-11-23-101(93)115-103)81-51-35-73(36-52-81)71-31-33-72(34-32-71)74-37-53-82(54-38-74)112(100-22-14-26-104-106(100)94-18-8-12-24-102(94)116-104)84-56-66-92-90-16-6-10-20-96(90)108(98(92)68-84,76-41-49-80(110)50-42-76)78-45-63-88(64-46-78)114-86-59-29-70(4-2)30-60-86/h3-68H,1-2H2. The number of ether oxygens (including phenoxy) is 2. The SMILES string of the molecule is C=Cc1ccc(Oc2ccc(C3(c4ccc(F)cc4)c4ccccc4-c4ccc(N(c5ccc(-c6ccc(-c7ccc(N(c8ccc9c(c8)C(c8ccc(F)cc8)(c8ccc(Oc%10ccc(C=C)cc%10)cc8)c8ccccc8-9)c8cccc9oc%10ccccc%10c89)cc7)cc6)cc5)c5cccc6oc7ccccc7c56)cc43)cc2)cc1. The molecule has 0 N–H and O–H groups in total. The van der Waals surface area contributed by atoms with Crippen LogP contribution in [0.15, 0.2) is 410 Å². The molecule has 19 aromatic rings. The second-order valence-corrected chi connectivity index (χ2v) is 29.7. The summed E-state index contributed by atoms with van der Waals surface area (Å²) in [6.45, 7) is 7.84. The Morgan fingerprint density at radius 2 is 0.569 bits per heavy atom. The Morgan fingerprint density at radius 1 is 0.267 bits per heavy atom. The topological polar surface area (TPSA) is 51.2 Å². The second-order valence-electron chi connectivity index (χ2n) is 29.7. The molecule has 2 heterocycles. The highest BCUT2D eigenvalue weighted by Gasteiger charge is 2.48. The summed E-state index contributed by atoms with van der Waals surface area (Å²) in [4.78, 5) is 4.69. The van der Waals surface area contributed by atoms with Crippen LogP contribution in [0.3, 0.4) is 0 Å². The Labute approximate surface area is 669 Å². The van der Waals surface area contributed by atoms with Gasteiger partial charge >= 0.3 is 0 Å². The summed E-state index contributed by atoms with van der Waals surface area (Å²) in [5.74, 6) is 2.20. The zero-order chi connectivity index (χ0) is 77.6. The van der Waals surface area contributed by atoms with Gasteiger partial charge in [0.15, 0.2) is 0 Å². The third-order valence-electron chi connectivity index (χ3n) is 23.5. The maximum Gasteiger partial charge on any atom is 0.137 e. The minimum absolute atomic E-state index is 0.308. The minimum Gasteiger partial charge on any atom is -0.457 e. The number of benzene rings is 17. The number of furan rings is 2. The number of nitrogens with zero attached hydrogens (tertiary/aromatic N) is 2.